The zero-order valence-corrected chi connectivity index (χ0v) is 11.0. The molecule has 2 rings (SSSR count). The molecule has 0 saturated heterocycles. The molecular weight excluding hydrogens is 262 g/mol. The lowest BCUT2D eigenvalue weighted by Crippen LogP contribution is -2.23. The number of aromatic nitrogens is 2. The Morgan fingerprint density at radius 2 is 2.16 bits per heavy atom. The van der Waals surface area contributed by atoms with Crippen LogP contribution in [0.1, 0.15) is 11.4 Å². The molecule has 4 nitrogen and oxygen atoms in total. The van der Waals surface area contributed by atoms with Crippen LogP contribution < -0.4 is 5.32 Å². The van der Waals surface area contributed by atoms with Gasteiger partial charge in [-0.2, -0.15) is 0 Å². The van der Waals surface area contributed by atoms with Gasteiger partial charge in [0, 0.05) is 36.5 Å². The summed E-state index contributed by atoms with van der Waals surface area (Å²) in [5.41, 5.74) is 0.936. The third-order valence-electron chi connectivity index (χ3n) is 2.51. The van der Waals surface area contributed by atoms with E-state index in [1.807, 2.05) is 12.1 Å². The number of aromatic amines is 1. The Bertz CT molecular complexity index is 547. The molecule has 0 spiro atoms. The number of halogens is 1. The molecule has 19 heavy (non-hydrogen) atoms. The summed E-state index contributed by atoms with van der Waals surface area (Å²) in [5, 5.41) is 3.47. The summed E-state index contributed by atoms with van der Waals surface area (Å²) in [5.74, 6) is 0.739. The number of nitrogens with zero attached hydrogens (tertiary/aromatic N) is 1. The van der Waals surface area contributed by atoms with Crippen LogP contribution >= 0.6 is 11.6 Å². The van der Waals surface area contributed by atoms with Crippen molar-refractivity contribution in [3.8, 4) is 0 Å². The van der Waals surface area contributed by atoms with Gasteiger partial charge in [-0.05, 0) is 23.8 Å². The van der Waals surface area contributed by atoms with E-state index in [2.05, 4.69) is 15.3 Å². The first-order valence-corrected chi connectivity index (χ1v) is 6.31. The van der Waals surface area contributed by atoms with E-state index >= 15 is 0 Å². The van der Waals surface area contributed by atoms with Crippen LogP contribution in [0.25, 0.3) is 6.08 Å². The molecule has 5 heteroatoms. The Kier molecular flexibility index (Phi) is 4.75. The predicted octanol–water partition coefficient (Wildman–Crippen LogP) is 2.44. The van der Waals surface area contributed by atoms with E-state index in [4.69, 9.17) is 11.6 Å². The smallest absolute Gasteiger partial charge is 0.244 e. The Morgan fingerprint density at radius 1 is 1.37 bits per heavy atom. The molecule has 0 aliphatic carbocycles. The Labute approximate surface area is 116 Å². The zero-order chi connectivity index (χ0) is 13.5. The molecule has 0 bridgehead atoms. The summed E-state index contributed by atoms with van der Waals surface area (Å²) in [6, 6.07) is 7.29. The second-order valence-corrected chi connectivity index (χ2v) is 4.40. The number of benzene rings is 1. The maximum absolute atomic E-state index is 11.6. The van der Waals surface area contributed by atoms with Crippen LogP contribution in [0.15, 0.2) is 42.7 Å². The quantitative estimate of drug-likeness (QED) is 0.824. The van der Waals surface area contributed by atoms with Crippen LogP contribution in [0.4, 0.5) is 0 Å². The van der Waals surface area contributed by atoms with Crippen molar-refractivity contribution in [1.82, 2.24) is 15.3 Å². The van der Waals surface area contributed by atoms with Gasteiger partial charge in [0.1, 0.15) is 5.82 Å². The fourth-order valence-corrected chi connectivity index (χ4v) is 1.67. The number of nitrogens with one attached hydrogen (secondary N) is 2. The predicted molar refractivity (Wildman–Crippen MR) is 75.8 cm³/mol. The molecule has 1 aromatic heterocycles. The van der Waals surface area contributed by atoms with Gasteiger partial charge in [-0.1, -0.05) is 23.7 Å². The molecule has 0 unspecified atom stereocenters. The molecule has 2 N–H and O–H groups in total. The molecule has 1 amide bonds. The van der Waals surface area contributed by atoms with Crippen molar-refractivity contribution in [1.29, 1.82) is 0 Å². The summed E-state index contributed by atoms with van der Waals surface area (Å²) < 4.78 is 0. The minimum atomic E-state index is -0.124. The van der Waals surface area contributed by atoms with Gasteiger partial charge in [0.2, 0.25) is 5.91 Å². The molecule has 98 valence electrons. The van der Waals surface area contributed by atoms with Crippen LogP contribution in [-0.2, 0) is 11.2 Å². The topological polar surface area (TPSA) is 57.8 Å². The molecule has 1 aromatic carbocycles. The Hall–Kier alpha value is -2.07. The van der Waals surface area contributed by atoms with Crippen LogP contribution in [0.3, 0.4) is 0 Å². The molecular formula is C14H14ClN3O. The SMILES string of the molecule is O=C(/C=C/c1ccc(Cl)cc1)NCCc1ncc[nH]1. The number of amides is 1. The van der Waals surface area contributed by atoms with Crippen molar-refractivity contribution >= 4 is 23.6 Å². The van der Waals surface area contributed by atoms with Gasteiger partial charge in [0.05, 0.1) is 0 Å². The maximum atomic E-state index is 11.6. The normalized spacial score (nSPS) is 10.8. The van der Waals surface area contributed by atoms with Crippen molar-refractivity contribution in [2.75, 3.05) is 6.54 Å². The lowest BCUT2D eigenvalue weighted by Gasteiger charge is -2.00. The molecule has 0 saturated carbocycles. The van der Waals surface area contributed by atoms with E-state index < -0.39 is 0 Å². The number of rotatable bonds is 5. The van der Waals surface area contributed by atoms with Crippen molar-refractivity contribution in [3.63, 3.8) is 0 Å². The third kappa shape index (κ3) is 4.60. The largest absolute Gasteiger partial charge is 0.352 e. The molecule has 0 aliphatic heterocycles. The van der Waals surface area contributed by atoms with Gasteiger partial charge >= 0.3 is 0 Å². The fraction of sp³-hybridized carbons (Fsp3) is 0.143. The van der Waals surface area contributed by atoms with Crippen molar-refractivity contribution in [3.05, 3.63) is 59.1 Å². The average molecular weight is 276 g/mol. The van der Waals surface area contributed by atoms with E-state index in [0.29, 0.717) is 18.0 Å². The van der Waals surface area contributed by atoms with E-state index in [1.54, 1.807) is 30.6 Å². The monoisotopic (exact) mass is 275 g/mol. The van der Waals surface area contributed by atoms with Crippen molar-refractivity contribution in [2.45, 2.75) is 6.42 Å². The first kappa shape index (κ1) is 13.4. The molecule has 0 fully saturated rings. The number of carbonyl (C=O) groups excluding carboxylic acids is 1. The second-order valence-electron chi connectivity index (χ2n) is 3.96. The number of hydrogen-bond donors (Lipinski definition) is 2. The molecule has 1 heterocycles. The lowest BCUT2D eigenvalue weighted by molar-refractivity contribution is -0.116. The Balaban J connectivity index is 1.76. The van der Waals surface area contributed by atoms with E-state index in [0.717, 1.165) is 11.4 Å². The van der Waals surface area contributed by atoms with Gasteiger partial charge in [0.15, 0.2) is 0 Å². The minimum Gasteiger partial charge on any atom is -0.352 e. The van der Waals surface area contributed by atoms with E-state index in [9.17, 15) is 4.79 Å². The van der Waals surface area contributed by atoms with Gasteiger partial charge < -0.3 is 10.3 Å². The first-order valence-electron chi connectivity index (χ1n) is 5.94. The van der Waals surface area contributed by atoms with Gasteiger partial charge in [-0.25, -0.2) is 4.98 Å². The number of carbonyl (C=O) groups is 1. The van der Waals surface area contributed by atoms with E-state index in [-0.39, 0.29) is 5.91 Å². The summed E-state index contributed by atoms with van der Waals surface area (Å²) in [4.78, 5) is 18.6. The fourth-order valence-electron chi connectivity index (χ4n) is 1.54. The highest BCUT2D eigenvalue weighted by molar-refractivity contribution is 6.30. The highest BCUT2D eigenvalue weighted by atomic mass is 35.5. The maximum Gasteiger partial charge on any atom is 0.244 e. The second kappa shape index (κ2) is 6.75. The van der Waals surface area contributed by atoms with Crippen molar-refractivity contribution in [2.24, 2.45) is 0 Å². The zero-order valence-electron chi connectivity index (χ0n) is 10.3. The van der Waals surface area contributed by atoms with Crippen LogP contribution in [-0.4, -0.2) is 22.4 Å². The van der Waals surface area contributed by atoms with E-state index in [1.165, 1.54) is 6.08 Å². The first-order chi connectivity index (χ1) is 9.24. The number of hydrogen-bond acceptors (Lipinski definition) is 2. The number of imidazole rings is 1. The van der Waals surface area contributed by atoms with Gasteiger partial charge in [-0.15, -0.1) is 0 Å². The Morgan fingerprint density at radius 3 is 2.84 bits per heavy atom. The van der Waals surface area contributed by atoms with Crippen molar-refractivity contribution < 1.29 is 4.79 Å². The summed E-state index contributed by atoms with van der Waals surface area (Å²) in [7, 11) is 0. The minimum absolute atomic E-state index is 0.124. The third-order valence-corrected chi connectivity index (χ3v) is 2.77. The molecule has 0 radical (unpaired) electrons. The van der Waals surface area contributed by atoms with Gasteiger partial charge in [-0.3, -0.25) is 4.79 Å². The van der Waals surface area contributed by atoms with Gasteiger partial charge in [0.25, 0.3) is 0 Å². The highest BCUT2D eigenvalue weighted by Gasteiger charge is 1.97. The number of H-pyrrole nitrogens is 1. The molecule has 2 aromatic rings. The van der Waals surface area contributed by atoms with Crippen LogP contribution in [0.2, 0.25) is 5.02 Å². The molecule has 0 aliphatic rings. The van der Waals surface area contributed by atoms with Crippen LogP contribution in [0, 0.1) is 0 Å². The summed E-state index contributed by atoms with van der Waals surface area (Å²) in [6.45, 7) is 0.553. The summed E-state index contributed by atoms with van der Waals surface area (Å²) >= 11 is 5.78. The molecule has 0 atom stereocenters. The standard InChI is InChI=1S/C14H14ClN3O/c15-12-4-1-11(2-5-12)3-6-14(19)18-8-7-13-16-9-10-17-13/h1-6,9-10H,7-8H2,(H,16,17)(H,18,19)/b6-3+. The average Bonchev–Trinajstić information content (AvgIpc) is 2.91. The highest BCUT2D eigenvalue weighted by Crippen LogP contribution is 2.10. The van der Waals surface area contributed by atoms with Crippen LogP contribution in [0.5, 0.6) is 0 Å². The lowest BCUT2D eigenvalue weighted by atomic mass is 10.2. The summed E-state index contributed by atoms with van der Waals surface area (Å²) in [6.07, 6.45) is 7.40.